The molecule has 4 rings (SSSR count). The lowest BCUT2D eigenvalue weighted by Gasteiger charge is -2.22. The van der Waals surface area contributed by atoms with Gasteiger partial charge in [0.2, 0.25) is 0 Å². The van der Waals surface area contributed by atoms with E-state index >= 15 is 0 Å². The van der Waals surface area contributed by atoms with Crippen molar-refractivity contribution in [2.45, 2.75) is 31.3 Å². The average molecular weight is 390 g/mol. The largest absolute Gasteiger partial charge is 0.357 e. The van der Waals surface area contributed by atoms with E-state index < -0.39 is 0 Å². The lowest BCUT2D eigenvalue weighted by molar-refractivity contribution is 0.0936. The molecule has 2 atom stereocenters. The quantitative estimate of drug-likeness (QED) is 0.670. The molecule has 4 nitrogen and oxygen atoms in total. The Morgan fingerprint density at radius 3 is 2.85 bits per heavy atom. The van der Waals surface area contributed by atoms with E-state index in [1.165, 1.54) is 23.5 Å². The Balaban J connectivity index is 1.47. The molecule has 1 amide bonds. The van der Waals surface area contributed by atoms with Crippen LogP contribution in [0.15, 0.2) is 42.5 Å². The van der Waals surface area contributed by atoms with E-state index in [4.69, 9.17) is 11.6 Å². The lowest BCUT2D eigenvalue weighted by atomic mass is 10.1. The number of aromatic nitrogens is 1. The van der Waals surface area contributed by atoms with Crippen LogP contribution in [-0.4, -0.2) is 23.0 Å². The van der Waals surface area contributed by atoms with Crippen molar-refractivity contribution in [2.75, 3.05) is 5.32 Å². The number of thiazole rings is 1. The second-order valence-electron chi connectivity index (χ2n) is 6.37. The molecule has 1 aromatic heterocycles. The van der Waals surface area contributed by atoms with Crippen LogP contribution in [-0.2, 0) is 0 Å². The molecule has 1 aliphatic carbocycles. The van der Waals surface area contributed by atoms with Gasteiger partial charge in [0.15, 0.2) is 5.13 Å². The smallest absolute Gasteiger partial charge is 0.253 e. The molecule has 1 aliphatic rings. The zero-order chi connectivity index (χ0) is 18.1. The molecular weight excluding hydrogens is 373 g/mol. The molecule has 0 radical (unpaired) electrons. The van der Waals surface area contributed by atoms with Gasteiger partial charge in [-0.3, -0.25) is 4.79 Å². The minimum Gasteiger partial charge on any atom is -0.357 e. The van der Waals surface area contributed by atoms with Crippen molar-refractivity contribution in [2.24, 2.45) is 0 Å². The Labute approximate surface area is 159 Å². The molecule has 0 unspecified atom stereocenters. The number of anilines is 1. The Bertz CT molecular complexity index is 961. The highest BCUT2D eigenvalue weighted by molar-refractivity contribution is 7.22. The summed E-state index contributed by atoms with van der Waals surface area (Å²) in [6.07, 6.45) is 2.86. The summed E-state index contributed by atoms with van der Waals surface area (Å²) < 4.78 is 14.2. The molecule has 7 heteroatoms. The van der Waals surface area contributed by atoms with Gasteiger partial charge in [0.1, 0.15) is 5.82 Å². The average Bonchev–Trinajstić information content (AvgIpc) is 3.21. The SMILES string of the molecule is O=C(N[C@H]1CCC[C@H]1Nc1nc2ccc(F)cc2s1)c1ccccc1Cl. The third-order valence-electron chi connectivity index (χ3n) is 4.61. The number of carbonyl (C=O) groups is 1. The van der Waals surface area contributed by atoms with E-state index in [0.29, 0.717) is 10.6 Å². The number of amides is 1. The van der Waals surface area contributed by atoms with Crippen LogP contribution in [0.4, 0.5) is 9.52 Å². The number of hydrogen-bond acceptors (Lipinski definition) is 4. The first-order valence-corrected chi connectivity index (χ1v) is 9.67. The van der Waals surface area contributed by atoms with Crippen LogP contribution in [0, 0.1) is 5.82 Å². The molecular formula is C19H17ClFN3OS. The van der Waals surface area contributed by atoms with Gasteiger partial charge in [-0.2, -0.15) is 0 Å². The zero-order valence-corrected chi connectivity index (χ0v) is 15.4. The molecule has 0 aliphatic heterocycles. The van der Waals surface area contributed by atoms with Crippen molar-refractivity contribution in [3.05, 3.63) is 58.9 Å². The van der Waals surface area contributed by atoms with Gasteiger partial charge in [-0.1, -0.05) is 35.1 Å². The molecule has 26 heavy (non-hydrogen) atoms. The molecule has 0 saturated heterocycles. The number of hydrogen-bond donors (Lipinski definition) is 2. The van der Waals surface area contributed by atoms with Crippen LogP contribution in [0.5, 0.6) is 0 Å². The van der Waals surface area contributed by atoms with Crippen molar-refractivity contribution >= 4 is 44.2 Å². The van der Waals surface area contributed by atoms with Crippen LogP contribution < -0.4 is 10.6 Å². The van der Waals surface area contributed by atoms with E-state index in [1.807, 2.05) is 0 Å². The summed E-state index contributed by atoms with van der Waals surface area (Å²) in [4.78, 5) is 17.0. The lowest BCUT2D eigenvalue weighted by Crippen LogP contribution is -2.43. The Kier molecular flexibility index (Phi) is 4.78. The maximum absolute atomic E-state index is 13.4. The summed E-state index contributed by atoms with van der Waals surface area (Å²) in [6, 6.07) is 11.7. The summed E-state index contributed by atoms with van der Waals surface area (Å²) in [5.74, 6) is -0.431. The molecule has 134 valence electrons. The number of halogens is 2. The zero-order valence-electron chi connectivity index (χ0n) is 13.8. The second-order valence-corrected chi connectivity index (χ2v) is 7.81. The molecule has 2 N–H and O–H groups in total. The minimum atomic E-state index is -0.265. The first kappa shape index (κ1) is 17.2. The minimum absolute atomic E-state index is 0.00233. The van der Waals surface area contributed by atoms with Gasteiger partial charge in [-0.25, -0.2) is 9.37 Å². The monoisotopic (exact) mass is 389 g/mol. The van der Waals surface area contributed by atoms with Crippen molar-refractivity contribution in [1.29, 1.82) is 0 Å². The maximum atomic E-state index is 13.4. The predicted molar refractivity (Wildman–Crippen MR) is 104 cm³/mol. The van der Waals surface area contributed by atoms with Gasteiger partial charge in [0.05, 0.1) is 20.8 Å². The fourth-order valence-corrected chi connectivity index (χ4v) is 4.49. The highest BCUT2D eigenvalue weighted by Gasteiger charge is 2.29. The van der Waals surface area contributed by atoms with Crippen molar-refractivity contribution in [3.8, 4) is 0 Å². The molecule has 0 spiro atoms. The van der Waals surface area contributed by atoms with E-state index in [0.717, 1.165) is 34.6 Å². The van der Waals surface area contributed by atoms with Gasteiger partial charge in [0, 0.05) is 12.1 Å². The van der Waals surface area contributed by atoms with Gasteiger partial charge < -0.3 is 10.6 Å². The predicted octanol–water partition coefficient (Wildman–Crippen LogP) is 4.85. The summed E-state index contributed by atoms with van der Waals surface area (Å²) in [5, 5.41) is 7.68. The first-order valence-electron chi connectivity index (χ1n) is 8.48. The molecule has 1 saturated carbocycles. The third kappa shape index (κ3) is 3.52. The van der Waals surface area contributed by atoms with Gasteiger partial charge in [-0.15, -0.1) is 0 Å². The highest BCUT2D eigenvalue weighted by atomic mass is 35.5. The topological polar surface area (TPSA) is 54.0 Å². The summed E-state index contributed by atoms with van der Waals surface area (Å²) in [6.45, 7) is 0. The number of nitrogens with zero attached hydrogens (tertiary/aromatic N) is 1. The second kappa shape index (κ2) is 7.21. The maximum Gasteiger partial charge on any atom is 0.253 e. The van der Waals surface area contributed by atoms with Crippen molar-refractivity contribution in [3.63, 3.8) is 0 Å². The van der Waals surface area contributed by atoms with Crippen LogP contribution in [0.1, 0.15) is 29.6 Å². The fourth-order valence-electron chi connectivity index (χ4n) is 3.32. The van der Waals surface area contributed by atoms with E-state index in [2.05, 4.69) is 15.6 Å². The van der Waals surface area contributed by atoms with Crippen LogP contribution in [0.25, 0.3) is 10.2 Å². The number of fused-ring (bicyclic) bond motifs is 1. The van der Waals surface area contributed by atoms with E-state index in [-0.39, 0.29) is 23.8 Å². The number of carbonyl (C=O) groups excluding carboxylic acids is 1. The molecule has 3 aromatic rings. The van der Waals surface area contributed by atoms with Crippen LogP contribution in [0.3, 0.4) is 0 Å². The standard InChI is InChI=1S/C19H17ClFN3OS/c20-13-5-2-1-4-12(13)18(25)22-14-6-3-7-15(14)23-19-24-16-9-8-11(21)10-17(16)26-19/h1-2,4-5,8-10,14-15H,3,6-7H2,(H,22,25)(H,23,24)/t14-,15+/m0/s1. The molecule has 1 heterocycles. The molecule has 1 fully saturated rings. The number of rotatable bonds is 4. The van der Waals surface area contributed by atoms with Crippen molar-refractivity contribution < 1.29 is 9.18 Å². The van der Waals surface area contributed by atoms with E-state index in [9.17, 15) is 9.18 Å². The summed E-state index contributed by atoms with van der Waals surface area (Å²) >= 11 is 7.54. The Morgan fingerprint density at radius 2 is 2.00 bits per heavy atom. The summed E-state index contributed by atoms with van der Waals surface area (Å²) in [5.41, 5.74) is 1.25. The molecule has 2 aromatic carbocycles. The van der Waals surface area contributed by atoms with E-state index in [1.54, 1.807) is 30.3 Å². The fraction of sp³-hybridized carbons (Fsp3) is 0.263. The van der Waals surface area contributed by atoms with Gasteiger partial charge >= 0.3 is 0 Å². The first-order chi connectivity index (χ1) is 12.6. The normalized spacial score (nSPS) is 19.6. The Hall–Kier alpha value is -2.18. The summed E-state index contributed by atoms with van der Waals surface area (Å²) in [7, 11) is 0. The van der Waals surface area contributed by atoms with Crippen LogP contribution in [0.2, 0.25) is 5.02 Å². The van der Waals surface area contributed by atoms with Gasteiger partial charge in [0.25, 0.3) is 5.91 Å². The Morgan fingerprint density at radius 1 is 1.19 bits per heavy atom. The number of nitrogens with one attached hydrogen (secondary N) is 2. The third-order valence-corrected chi connectivity index (χ3v) is 5.89. The van der Waals surface area contributed by atoms with Crippen LogP contribution >= 0.6 is 22.9 Å². The molecule has 0 bridgehead atoms. The number of benzene rings is 2. The van der Waals surface area contributed by atoms with Gasteiger partial charge in [-0.05, 0) is 49.6 Å². The van der Waals surface area contributed by atoms with Crippen molar-refractivity contribution in [1.82, 2.24) is 10.3 Å². The highest BCUT2D eigenvalue weighted by Crippen LogP contribution is 2.30.